The van der Waals surface area contributed by atoms with E-state index in [2.05, 4.69) is 25.3 Å². The molecular weight excluding hydrogens is 600 g/mol. The molecule has 1 aliphatic rings. The van der Waals surface area contributed by atoms with E-state index in [1.165, 1.54) is 44.7 Å². The molecule has 4 aromatic rings. The second-order valence-electron chi connectivity index (χ2n) is 10.2. The molecule has 1 aliphatic heterocycles. The predicted octanol–water partition coefficient (Wildman–Crippen LogP) is 7.20. The van der Waals surface area contributed by atoms with Gasteiger partial charge in [-0.2, -0.15) is 0 Å². The van der Waals surface area contributed by atoms with E-state index < -0.39 is 24.0 Å². The first-order chi connectivity index (χ1) is 21.5. The number of hydrogen-bond donors (Lipinski definition) is 2. The number of urea groups is 1. The van der Waals surface area contributed by atoms with Crippen LogP contribution in [0.2, 0.25) is 0 Å². The fourth-order valence-corrected chi connectivity index (χ4v) is 4.78. The standard InChI is InChI=1S/C31H30F4N4O6/c1-39-12-9-19(10-13-39)43-26-7-4-18(14-29(26)45-31(33,34)35)37-30(40)38-23-6-5-20(15-22(23)32)44-25-8-11-36-24-17-28(42-3)27(41-2)16-21(24)25/h4-8,11,14-17,19H,9-10,12-13H2,1-3H3,(H2,37,38,40). The molecule has 0 aliphatic carbocycles. The molecule has 10 nitrogen and oxygen atoms in total. The molecule has 0 bridgehead atoms. The fourth-order valence-electron chi connectivity index (χ4n) is 4.78. The van der Waals surface area contributed by atoms with E-state index in [0.29, 0.717) is 41.0 Å². The number of benzene rings is 3. The van der Waals surface area contributed by atoms with Crippen molar-refractivity contribution < 1.29 is 46.0 Å². The number of amides is 2. The maximum absolute atomic E-state index is 15.0. The summed E-state index contributed by atoms with van der Waals surface area (Å²) in [4.78, 5) is 19.1. The highest BCUT2D eigenvalue weighted by atomic mass is 19.4. The van der Waals surface area contributed by atoms with Gasteiger partial charge in [0.25, 0.3) is 0 Å². The number of anilines is 2. The smallest absolute Gasteiger partial charge is 0.493 e. The number of carbonyl (C=O) groups excluding carboxylic acids is 1. The Hall–Kier alpha value is -4.98. The SMILES string of the molecule is COc1cc2nccc(Oc3ccc(NC(=O)Nc4ccc(OC5CCN(C)CC5)c(OC(F)(F)F)c4)c(F)c3)c2cc1OC. The summed E-state index contributed by atoms with van der Waals surface area (Å²) in [6, 6.07) is 11.5. The van der Waals surface area contributed by atoms with Crippen LogP contribution in [0.1, 0.15) is 12.8 Å². The number of aromatic nitrogens is 1. The molecule has 3 aromatic carbocycles. The molecule has 45 heavy (non-hydrogen) atoms. The average Bonchev–Trinajstić information content (AvgIpc) is 2.99. The summed E-state index contributed by atoms with van der Waals surface area (Å²) in [6.07, 6.45) is -2.46. The number of nitrogens with zero attached hydrogens (tertiary/aromatic N) is 2. The van der Waals surface area contributed by atoms with E-state index in [4.69, 9.17) is 18.9 Å². The number of pyridine rings is 1. The number of carbonyl (C=O) groups is 1. The van der Waals surface area contributed by atoms with Crippen LogP contribution in [0.25, 0.3) is 10.9 Å². The molecule has 0 atom stereocenters. The third-order valence-corrected chi connectivity index (χ3v) is 7.01. The van der Waals surface area contributed by atoms with Gasteiger partial charge in [-0.1, -0.05) is 0 Å². The summed E-state index contributed by atoms with van der Waals surface area (Å²) in [7, 11) is 4.95. The number of fused-ring (bicyclic) bond motifs is 1. The Kier molecular flexibility index (Phi) is 9.32. The Morgan fingerprint density at radius 1 is 0.889 bits per heavy atom. The number of likely N-dealkylation sites (tertiary alicyclic amines) is 1. The molecule has 14 heteroatoms. The zero-order valence-corrected chi connectivity index (χ0v) is 24.5. The summed E-state index contributed by atoms with van der Waals surface area (Å²) in [5.41, 5.74) is 0.338. The van der Waals surface area contributed by atoms with Crippen molar-refractivity contribution in [1.29, 1.82) is 0 Å². The number of ether oxygens (including phenoxy) is 5. The van der Waals surface area contributed by atoms with Crippen LogP contribution in [-0.2, 0) is 0 Å². The minimum absolute atomic E-state index is 0.0283. The van der Waals surface area contributed by atoms with Crippen molar-refractivity contribution in [3.05, 3.63) is 66.6 Å². The third kappa shape index (κ3) is 7.95. The first-order valence-corrected chi connectivity index (χ1v) is 13.8. The van der Waals surface area contributed by atoms with Gasteiger partial charge in [-0.15, -0.1) is 13.2 Å². The van der Waals surface area contributed by atoms with E-state index in [0.717, 1.165) is 25.2 Å². The Labute approximate surface area is 255 Å². The van der Waals surface area contributed by atoms with Crippen molar-refractivity contribution in [2.75, 3.05) is 45.0 Å². The van der Waals surface area contributed by atoms with Gasteiger partial charge in [0.1, 0.15) is 23.4 Å². The number of hydrogen-bond acceptors (Lipinski definition) is 8. The Morgan fingerprint density at radius 3 is 2.31 bits per heavy atom. The van der Waals surface area contributed by atoms with Gasteiger partial charge in [0.15, 0.2) is 23.0 Å². The molecule has 0 radical (unpaired) electrons. The van der Waals surface area contributed by atoms with Crippen molar-refractivity contribution in [2.45, 2.75) is 25.3 Å². The lowest BCUT2D eigenvalue weighted by Gasteiger charge is -2.30. The van der Waals surface area contributed by atoms with Crippen LogP contribution in [0.3, 0.4) is 0 Å². The Bertz CT molecular complexity index is 1680. The van der Waals surface area contributed by atoms with Crippen molar-refractivity contribution in [3.8, 4) is 34.5 Å². The maximum Gasteiger partial charge on any atom is 0.573 e. The van der Waals surface area contributed by atoms with Crippen LogP contribution < -0.4 is 34.3 Å². The Balaban J connectivity index is 1.27. The quantitative estimate of drug-likeness (QED) is 0.187. The largest absolute Gasteiger partial charge is 0.573 e. The highest BCUT2D eigenvalue weighted by molar-refractivity contribution is 6.00. The van der Waals surface area contributed by atoms with E-state index in [1.807, 2.05) is 7.05 Å². The molecule has 238 valence electrons. The number of halogens is 4. The first-order valence-electron chi connectivity index (χ1n) is 13.8. The van der Waals surface area contributed by atoms with E-state index in [1.54, 1.807) is 18.2 Å². The summed E-state index contributed by atoms with van der Waals surface area (Å²) >= 11 is 0. The number of rotatable bonds is 9. The zero-order chi connectivity index (χ0) is 32.1. The molecule has 2 amide bonds. The lowest BCUT2D eigenvalue weighted by molar-refractivity contribution is -0.275. The molecule has 2 heterocycles. The number of nitrogens with one attached hydrogen (secondary N) is 2. The molecular formula is C31H30F4N4O6. The highest BCUT2D eigenvalue weighted by Crippen LogP contribution is 2.38. The highest BCUT2D eigenvalue weighted by Gasteiger charge is 2.33. The molecule has 5 rings (SSSR count). The number of piperidine rings is 1. The van der Waals surface area contributed by atoms with E-state index >= 15 is 0 Å². The van der Waals surface area contributed by atoms with Gasteiger partial charge >= 0.3 is 12.4 Å². The van der Waals surface area contributed by atoms with Crippen LogP contribution in [0, 0.1) is 5.82 Å². The maximum atomic E-state index is 15.0. The van der Waals surface area contributed by atoms with Gasteiger partial charge < -0.3 is 39.2 Å². The first kappa shape index (κ1) is 31.4. The number of alkyl halides is 3. The summed E-state index contributed by atoms with van der Waals surface area (Å²) in [5.74, 6) is -0.0794. The van der Waals surface area contributed by atoms with E-state index in [9.17, 15) is 22.4 Å². The van der Waals surface area contributed by atoms with Gasteiger partial charge in [-0.25, -0.2) is 9.18 Å². The molecule has 0 spiro atoms. The van der Waals surface area contributed by atoms with Crippen molar-refractivity contribution >= 4 is 28.3 Å². The van der Waals surface area contributed by atoms with Gasteiger partial charge in [0, 0.05) is 48.6 Å². The lowest BCUT2D eigenvalue weighted by Crippen LogP contribution is -2.35. The molecule has 1 fully saturated rings. The van der Waals surface area contributed by atoms with Gasteiger partial charge in [0.2, 0.25) is 0 Å². The van der Waals surface area contributed by atoms with Crippen LogP contribution >= 0.6 is 0 Å². The minimum Gasteiger partial charge on any atom is -0.493 e. The summed E-state index contributed by atoms with van der Waals surface area (Å²) in [5, 5.41) is 5.32. The molecule has 1 aromatic heterocycles. The molecule has 0 unspecified atom stereocenters. The molecule has 1 saturated heterocycles. The summed E-state index contributed by atoms with van der Waals surface area (Å²) < 4.78 is 80.9. The number of methoxy groups -OCH3 is 2. The van der Waals surface area contributed by atoms with Crippen LogP contribution in [0.4, 0.5) is 33.7 Å². The van der Waals surface area contributed by atoms with Gasteiger partial charge in [-0.3, -0.25) is 4.98 Å². The van der Waals surface area contributed by atoms with Crippen molar-refractivity contribution in [1.82, 2.24) is 9.88 Å². The molecule has 0 saturated carbocycles. The van der Waals surface area contributed by atoms with Gasteiger partial charge in [-0.05, 0) is 56.3 Å². The van der Waals surface area contributed by atoms with Crippen LogP contribution in [0.15, 0.2) is 60.8 Å². The fraction of sp³-hybridized carbons (Fsp3) is 0.290. The monoisotopic (exact) mass is 630 g/mol. The third-order valence-electron chi connectivity index (χ3n) is 7.01. The average molecular weight is 631 g/mol. The van der Waals surface area contributed by atoms with Crippen molar-refractivity contribution in [3.63, 3.8) is 0 Å². The lowest BCUT2D eigenvalue weighted by atomic mass is 10.1. The van der Waals surface area contributed by atoms with Gasteiger partial charge in [0.05, 0.1) is 25.4 Å². The minimum atomic E-state index is -4.99. The summed E-state index contributed by atoms with van der Waals surface area (Å²) in [6.45, 7) is 1.49. The van der Waals surface area contributed by atoms with Crippen LogP contribution in [-0.4, -0.2) is 62.7 Å². The second kappa shape index (κ2) is 13.3. The van der Waals surface area contributed by atoms with Crippen molar-refractivity contribution in [2.24, 2.45) is 0 Å². The normalized spacial score (nSPS) is 14.1. The second-order valence-corrected chi connectivity index (χ2v) is 10.2. The zero-order valence-electron chi connectivity index (χ0n) is 24.5. The van der Waals surface area contributed by atoms with E-state index in [-0.39, 0.29) is 29.0 Å². The van der Waals surface area contributed by atoms with Crippen LogP contribution in [0.5, 0.6) is 34.5 Å². The Morgan fingerprint density at radius 2 is 1.62 bits per heavy atom. The topological polar surface area (TPSA) is 103 Å². The molecule has 2 N–H and O–H groups in total. The predicted molar refractivity (Wildman–Crippen MR) is 158 cm³/mol.